The lowest BCUT2D eigenvalue weighted by Crippen LogP contribution is -2.13. The first-order chi connectivity index (χ1) is 7.95. The lowest BCUT2D eigenvalue weighted by molar-refractivity contribution is -0.142. The largest absolute Gasteiger partial charge is 0.439 e. The van der Waals surface area contributed by atoms with Gasteiger partial charge in [-0.15, -0.1) is 6.42 Å². The fraction of sp³-hybridized carbons (Fsp3) is 0.182. The van der Waals surface area contributed by atoms with Crippen LogP contribution in [0.3, 0.4) is 0 Å². The van der Waals surface area contributed by atoms with Crippen molar-refractivity contribution < 1.29 is 9.53 Å². The number of halogens is 4. The van der Waals surface area contributed by atoms with E-state index in [-0.39, 0.29) is 11.4 Å². The maximum atomic E-state index is 11.5. The molecule has 0 aliphatic carbocycles. The number of terminal acetylenes is 1. The zero-order valence-corrected chi connectivity index (χ0v) is 12.8. The van der Waals surface area contributed by atoms with E-state index in [2.05, 4.69) is 5.92 Å². The van der Waals surface area contributed by atoms with Crippen LogP contribution < -0.4 is 0 Å². The molecule has 0 bridgehead atoms. The Labute approximate surface area is 128 Å². The topological polar surface area (TPSA) is 26.3 Å². The SMILES string of the molecule is C#CC(I)OC(=O)Cc1c(Cl)ccc(Cl)c1Cl. The molecule has 0 aromatic heterocycles. The minimum absolute atomic E-state index is 0.0700. The van der Waals surface area contributed by atoms with E-state index in [0.717, 1.165) is 0 Å². The first kappa shape index (κ1) is 14.9. The van der Waals surface area contributed by atoms with E-state index in [1.54, 1.807) is 12.1 Å². The summed E-state index contributed by atoms with van der Waals surface area (Å²) in [4.78, 5) is 11.5. The fourth-order valence-corrected chi connectivity index (χ4v) is 2.03. The molecule has 17 heavy (non-hydrogen) atoms. The highest BCUT2D eigenvalue weighted by atomic mass is 127. The number of hydrogen-bond acceptors (Lipinski definition) is 2. The number of esters is 1. The average Bonchev–Trinajstić information content (AvgIpc) is 2.29. The van der Waals surface area contributed by atoms with Crippen molar-refractivity contribution in [2.24, 2.45) is 0 Å². The van der Waals surface area contributed by atoms with Crippen molar-refractivity contribution in [1.82, 2.24) is 0 Å². The smallest absolute Gasteiger partial charge is 0.312 e. The van der Waals surface area contributed by atoms with Crippen molar-refractivity contribution in [3.63, 3.8) is 0 Å². The average molecular weight is 403 g/mol. The number of ether oxygens (including phenoxy) is 1. The van der Waals surface area contributed by atoms with E-state index in [4.69, 9.17) is 46.0 Å². The molecule has 6 heteroatoms. The summed E-state index contributed by atoms with van der Waals surface area (Å²) >= 11 is 19.5. The highest BCUT2D eigenvalue weighted by molar-refractivity contribution is 14.1. The van der Waals surface area contributed by atoms with Gasteiger partial charge in [0.15, 0.2) is 0 Å². The van der Waals surface area contributed by atoms with Crippen LogP contribution in [0.4, 0.5) is 0 Å². The molecule has 1 aromatic rings. The van der Waals surface area contributed by atoms with Gasteiger partial charge in [-0.1, -0.05) is 40.7 Å². The van der Waals surface area contributed by atoms with E-state index in [9.17, 15) is 4.79 Å². The normalized spacial score (nSPS) is 11.7. The molecule has 90 valence electrons. The van der Waals surface area contributed by atoms with Crippen molar-refractivity contribution >= 4 is 63.4 Å². The van der Waals surface area contributed by atoms with E-state index in [0.29, 0.717) is 15.6 Å². The van der Waals surface area contributed by atoms with Crippen molar-refractivity contribution in [3.05, 3.63) is 32.8 Å². The van der Waals surface area contributed by atoms with Gasteiger partial charge in [0.2, 0.25) is 4.11 Å². The summed E-state index contributed by atoms with van der Waals surface area (Å²) in [5.41, 5.74) is 0.437. The Hall–Kier alpha value is -0.150. The highest BCUT2D eigenvalue weighted by Crippen LogP contribution is 2.31. The summed E-state index contributed by atoms with van der Waals surface area (Å²) in [6, 6.07) is 3.13. The second-order valence-electron chi connectivity index (χ2n) is 2.97. The van der Waals surface area contributed by atoms with Gasteiger partial charge >= 0.3 is 5.97 Å². The standard InChI is InChI=1S/C11H6Cl3IO2/c1-2-9(15)17-10(16)5-6-7(12)3-4-8(13)11(6)14/h1,3-4,9H,5H2. The second-order valence-corrected chi connectivity index (χ2v) is 5.29. The van der Waals surface area contributed by atoms with Gasteiger partial charge in [0, 0.05) is 10.6 Å². The molecule has 0 fully saturated rings. The van der Waals surface area contributed by atoms with Crippen LogP contribution in [0, 0.1) is 12.3 Å². The molecule has 1 rings (SSSR count). The van der Waals surface area contributed by atoms with Crippen LogP contribution in [0.1, 0.15) is 5.56 Å². The molecule has 0 spiro atoms. The number of carbonyl (C=O) groups is 1. The van der Waals surface area contributed by atoms with Crippen LogP contribution in [-0.2, 0) is 16.0 Å². The minimum Gasteiger partial charge on any atom is -0.439 e. The van der Waals surface area contributed by atoms with Gasteiger partial charge in [-0.3, -0.25) is 4.79 Å². The van der Waals surface area contributed by atoms with Crippen molar-refractivity contribution in [1.29, 1.82) is 0 Å². The van der Waals surface area contributed by atoms with Gasteiger partial charge in [-0.25, -0.2) is 0 Å². The molecule has 1 aromatic carbocycles. The van der Waals surface area contributed by atoms with Gasteiger partial charge in [0.05, 0.1) is 16.5 Å². The van der Waals surface area contributed by atoms with E-state index in [1.165, 1.54) is 0 Å². The van der Waals surface area contributed by atoms with Gasteiger partial charge in [0.25, 0.3) is 0 Å². The third-order valence-electron chi connectivity index (χ3n) is 1.83. The molecule has 1 unspecified atom stereocenters. The summed E-state index contributed by atoms with van der Waals surface area (Å²) in [5, 5.41) is 0.950. The van der Waals surface area contributed by atoms with E-state index in [1.807, 2.05) is 22.6 Å². The Balaban J connectivity index is 2.86. The molecule has 0 amide bonds. The Morgan fingerprint density at radius 2 is 2.00 bits per heavy atom. The Kier molecular flexibility index (Phi) is 5.87. The number of alkyl halides is 1. The molecular weight excluding hydrogens is 397 g/mol. The first-order valence-corrected chi connectivity index (χ1v) is 6.75. The zero-order chi connectivity index (χ0) is 13.0. The lowest BCUT2D eigenvalue weighted by atomic mass is 10.1. The quantitative estimate of drug-likeness (QED) is 0.249. The molecule has 1 atom stereocenters. The van der Waals surface area contributed by atoms with Gasteiger partial charge < -0.3 is 4.74 Å². The van der Waals surface area contributed by atoms with Crippen LogP contribution in [0.5, 0.6) is 0 Å². The van der Waals surface area contributed by atoms with Crippen LogP contribution >= 0.6 is 57.4 Å². The summed E-state index contributed by atoms with van der Waals surface area (Å²) in [5.74, 6) is 1.77. The number of carbonyl (C=O) groups excluding carboxylic acids is 1. The Morgan fingerprint density at radius 3 is 2.59 bits per heavy atom. The van der Waals surface area contributed by atoms with Gasteiger partial charge in [0.1, 0.15) is 0 Å². The predicted octanol–water partition coefficient (Wildman–Crippen LogP) is 4.13. The molecule has 0 N–H and O–H groups in total. The number of benzene rings is 1. The number of hydrogen-bond donors (Lipinski definition) is 0. The van der Waals surface area contributed by atoms with Crippen LogP contribution in [0.2, 0.25) is 15.1 Å². The van der Waals surface area contributed by atoms with Crippen molar-refractivity contribution in [3.8, 4) is 12.3 Å². The maximum absolute atomic E-state index is 11.5. The summed E-state index contributed by atoms with van der Waals surface area (Å²) in [6.45, 7) is 0. The van der Waals surface area contributed by atoms with Crippen molar-refractivity contribution in [2.75, 3.05) is 0 Å². The lowest BCUT2D eigenvalue weighted by Gasteiger charge is -2.09. The molecule has 0 heterocycles. The minimum atomic E-state index is -0.614. The zero-order valence-electron chi connectivity index (χ0n) is 8.34. The molecule has 0 saturated heterocycles. The Morgan fingerprint density at radius 1 is 1.41 bits per heavy atom. The predicted molar refractivity (Wildman–Crippen MR) is 77.9 cm³/mol. The van der Waals surface area contributed by atoms with Crippen molar-refractivity contribution in [2.45, 2.75) is 10.5 Å². The highest BCUT2D eigenvalue weighted by Gasteiger charge is 2.16. The van der Waals surface area contributed by atoms with Gasteiger partial charge in [-0.05, 0) is 34.7 Å². The number of rotatable bonds is 3. The fourth-order valence-electron chi connectivity index (χ4n) is 1.07. The van der Waals surface area contributed by atoms with Gasteiger partial charge in [-0.2, -0.15) is 0 Å². The Bertz CT molecular complexity index is 482. The summed E-state index contributed by atoms with van der Waals surface area (Å²) < 4.78 is 4.29. The van der Waals surface area contributed by atoms with Crippen LogP contribution in [0.25, 0.3) is 0 Å². The van der Waals surface area contributed by atoms with Crippen LogP contribution in [-0.4, -0.2) is 10.1 Å². The van der Waals surface area contributed by atoms with Crippen LogP contribution in [0.15, 0.2) is 12.1 Å². The maximum Gasteiger partial charge on any atom is 0.312 e. The first-order valence-electron chi connectivity index (χ1n) is 4.37. The second kappa shape index (κ2) is 6.69. The molecule has 2 nitrogen and oxygen atoms in total. The van der Waals surface area contributed by atoms with E-state index < -0.39 is 10.1 Å². The summed E-state index contributed by atoms with van der Waals surface area (Å²) in [7, 11) is 0. The monoisotopic (exact) mass is 402 g/mol. The van der Waals surface area contributed by atoms with E-state index >= 15 is 0 Å². The third kappa shape index (κ3) is 4.22. The molecule has 0 aliphatic heterocycles. The molecule has 0 radical (unpaired) electrons. The third-order valence-corrected chi connectivity index (χ3v) is 3.64. The summed E-state index contributed by atoms with van der Waals surface area (Å²) in [6.07, 6.45) is 5.02. The molecule has 0 aliphatic rings. The molecule has 0 saturated carbocycles. The molecular formula is C11H6Cl3IO2.